The minimum Gasteiger partial charge on any atom is -0.496 e. The summed E-state index contributed by atoms with van der Waals surface area (Å²) in [5.41, 5.74) is 2.15. The Hall–Kier alpha value is -3.13. The van der Waals surface area contributed by atoms with Crippen LogP contribution < -0.4 is 9.47 Å². The average molecular weight is 400 g/mol. The average Bonchev–Trinajstić information content (AvgIpc) is 3.29. The van der Waals surface area contributed by atoms with Crippen molar-refractivity contribution in [3.05, 3.63) is 73.7 Å². The zero-order chi connectivity index (χ0) is 20.3. The molecule has 2 heterocycles. The summed E-state index contributed by atoms with van der Waals surface area (Å²) in [6.45, 7) is 4.26. The molecule has 0 aliphatic carbocycles. The molecule has 3 aromatic rings. The third-order valence-electron chi connectivity index (χ3n) is 4.49. The first kappa shape index (κ1) is 19.6. The molecule has 0 radical (unpaired) electrons. The van der Waals surface area contributed by atoms with Gasteiger partial charge < -0.3 is 14.0 Å². The SMILES string of the molecule is COc1ccc(OCC(=O)c2cc(C)n(Cc3cccs3)c2C)c([N+](=O)[O-])c1. The number of aryl methyl sites for hydroxylation is 1. The molecule has 0 saturated heterocycles. The van der Waals surface area contributed by atoms with Crippen LogP contribution in [-0.4, -0.2) is 29.0 Å². The standard InChI is InChI=1S/C20H20N2O5S/c1-13-9-17(14(2)21(13)11-16-5-4-8-28-16)19(23)12-27-20-7-6-15(26-3)10-18(20)22(24)25/h4-10H,11-12H2,1-3H3. The van der Waals surface area contributed by atoms with Gasteiger partial charge in [0.1, 0.15) is 5.75 Å². The highest BCUT2D eigenvalue weighted by Crippen LogP contribution is 2.31. The second-order valence-corrected chi connectivity index (χ2v) is 7.29. The van der Waals surface area contributed by atoms with Gasteiger partial charge in [0.15, 0.2) is 12.4 Å². The van der Waals surface area contributed by atoms with Gasteiger partial charge in [0.05, 0.1) is 24.6 Å². The molecule has 0 atom stereocenters. The predicted molar refractivity (Wildman–Crippen MR) is 107 cm³/mol. The zero-order valence-corrected chi connectivity index (χ0v) is 16.6. The van der Waals surface area contributed by atoms with E-state index in [-0.39, 0.29) is 23.8 Å². The number of nitrogens with zero attached hydrogens (tertiary/aromatic N) is 2. The fraction of sp³-hybridized carbons (Fsp3) is 0.250. The van der Waals surface area contributed by atoms with E-state index in [0.717, 1.165) is 11.4 Å². The van der Waals surface area contributed by atoms with Gasteiger partial charge in [-0.1, -0.05) is 6.07 Å². The number of Topliss-reactive ketones (excluding diaryl/α,β-unsaturated/α-hetero) is 1. The van der Waals surface area contributed by atoms with Crippen molar-refractivity contribution in [1.82, 2.24) is 4.57 Å². The molecule has 0 N–H and O–H groups in total. The van der Waals surface area contributed by atoms with Crippen LogP contribution in [0.1, 0.15) is 26.6 Å². The Morgan fingerprint density at radius 2 is 2.04 bits per heavy atom. The number of ketones is 1. The third-order valence-corrected chi connectivity index (χ3v) is 5.35. The lowest BCUT2D eigenvalue weighted by molar-refractivity contribution is -0.385. The van der Waals surface area contributed by atoms with Gasteiger partial charge in [-0.15, -0.1) is 11.3 Å². The van der Waals surface area contributed by atoms with Crippen molar-refractivity contribution in [3.8, 4) is 11.5 Å². The summed E-state index contributed by atoms with van der Waals surface area (Å²) in [4.78, 5) is 24.6. The predicted octanol–water partition coefficient (Wildman–Crippen LogP) is 4.39. The van der Waals surface area contributed by atoms with Crippen LogP contribution in [0.15, 0.2) is 41.8 Å². The first-order valence-corrected chi connectivity index (χ1v) is 9.46. The summed E-state index contributed by atoms with van der Waals surface area (Å²) in [6, 6.07) is 10.1. The Morgan fingerprint density at radius 1 is 1.25 bits per heavy atom. The molecule has 28 heavy (non-hydrogen) atoms. The molecule has 0 amide bonds. The third kappa shape index (κ3) is 4.07. The van der Waals surface area contributed by atoms with E-state index < -0.39 is 4.92 Å². The van der Waals surface area contributed by atoms with Gasteiger partial charge in [-0.05, 0) is 43.5 Å². The van der Waals surface area contributed by atoms with Crippen LogP contribution in [0.2, 0.25) is 0 Å². The van der Waals surface area contributed by atoms with Crippen LogP contribution in [0.5, 0.6) is 11.5 Å². The van der Waals surface area contributed by atoms with Gasteiger partial charge in [0.25, 0.3) is 0 Å². The summed E-state index contributed by atoms with van der Waals surface area (Å²) in [7, 11) is 1.43. The molecule has 0 bridgehead atoms. The molecule has 0 aliphatic rings. The molecule has 3 rings (SSSR count). The monoisotopic (exact) mass is 400 g/mol. The lowest BCUT2D eigenvalue weighted by atomic mass is 10.1. The zero-order valence-electron chi connectivity index (χ0n) is 15.8. The molecule has 7 nitrogen and oxygen atoms in total. The molecular formula is C20H20N2O5S. The van der Waals surface area contributed by atoms with Gasteiger partial charge in [0, 0.05) is 21.8 Å². The van der Waals surface area contributed by atoms with E-state index in [2.05, 4.69) is 10.6 Å². The number of methoxy groups -OCH3 is 1. The molecule has 0 aliphatic heterocycles. The first-order chi connectivity index (χ1) is 13.4. The molecule has 0 saturated carbocycles. The van der Waals surface area contributed by atoms with E-state index in [0.29, 0.717) is 17.9 Å². The number of nitro groups is 1. The highest BCUT2D eigenvalue weighted by molar-refractivity contribution is 7.09. The Labute approximate surface area is 166 Å². The maximum absolute atomic E-state index is 12.7. The lowest BCUT2D eigenvalue weighted by Crippen LogP contribution is -2.13. The van der Waals surface area contributed by atoms with E-state index in [4.69, 9.17) is 9.47 Å². The molecule has 0 spiro atoms. The molecule has 8 heteroatoms. The van der Waals surface area contributed by atoms with E-state index in [1.807, 2.05) is 31.4 Å². The second kappa shape index (κ2) is 8.26. The number of carbonyl (C=O) groups is 1. The van der Waals surface area contributed by atoms with Crippen molar-refractivity contribution >= 4 is 22.8 Å². The van der Waals surface area contributed by atoms with Crippen molar-refractivity contribution < 1.29 is 19.2 Å². The summed E-state index contributed by atoms with van der Waals surface area (Å²) < 4.78 is 12.5. The topological polar surface area (TPSA) is 83.6 Å². The smallest absolute Gasteiger partial charge is 0.314 e. The van der Waals surface area contributed by atoms with Gasteiger partial charge in [0.2, 0.25) is 5.78 Å². The Kier molecular flexibility index (Phi) is 5.79. The molecule has 0 fully saturated rings. The highest BCUT2D eigenvalue weighted by Gasteiger charge is 2.20. The number of rotatable bonds is 8. The maximum atomic E-state index is 12.7. The van der Waals surface area contributed by atoms with Crippen molar-refractivity contribution in [2.45, 2.75) is 20.4 Å². The normalized spacial score (nSPS) is 10.7. The largest absolute Gasteiger partial charge is 0.496 e. The van der Waals surface area contributed by atoms with E-state index in [1.165, 1.54) is 24.1 Å². The Bertz CT molecular complexity index is 1010. The van der Waals surface area contributed by atoms with Gasteiger partial charge in [-0.2, -0.15) is 0 Å². The van der Waals surface area contributed by atoms with Crippen LogP contribution in [0.4, 0.5) is 5.69 Å². The van der Waals surface area contributed by atoms with Crippen LogP contribution in [0.3, 0.4) is 0 Å². The van der Waals surface area contributed by atoms with E-state index >= 15 is 0 Å². The van der Waals surface area contributed by atoms with Crippen molar-refractivity contribution in [2.75, 3.05) is 13.7 Å². The van der Waals surface area contributed by atoms with E-state index in [9.17, 15) is 14.9 Å². The lowest BCUT2D eigenvalue weighted by Gasteiger charge is -2.09. The molecule has 2 aromatic heterocycles. The van der Waals surface area contributed by atoms with Crippen LogP contribution in [-0.2, 0) is 6.54 Å². The molecule has 146 valence electrons. The number of carbonyl (C=O) groups excluding carboxylic acids is 1. The number of hydrogen-bond acceptors (Lipinski definition) is 6. The van der Waals surface area contributed by atoms with Gasteiger partial charge >= 0.3 is 5.69 Å². The van der Waals surface area contributed by atoms with Gasteiger partial charge in [-0.25, -0.2) is 0 Å². The fourth-order valence-electron chi connectivity index (χ4n) is 3.00. The first-order valence-electron chi connectivity index (χ1n) is 8.58. The number of ether oxygens (including phenoxy) is 2. The highest BCUT2D eigenvalue weighted by atomic mass is 32.1. The van der Waals surface area contributed by atoms with Crippen LogP contribution in [0, 0.1) is 24.0 Å². The van der Waals surface area contributed by atoms with Crippen molar-refractivity contribution in [3.63, 3.8) is 0 Å². The second-order valence-electron chi connectivity index (χ2n) is 6.25. The van der Waals surface area contributed by atoms with Crippen molar-refractivity contribution in [1.29, 1.82) is 0 Å². The Balaban J connectivity index is 1.76. The van der Waals surface area contributed by atoms with Crippen molar-refractivity contribution in [2.24, 2.45) is 0 Å². The summed E-state index contributed by atoms with van der Waals surface area (Å²) in [6.07, 6.45) is 0. The number of nitro benzene ring substituents is 1. The minimum atomic E-state index is -0.560. The maximum Gasteiger partial charge on any atom is 0.314 e. The summed E-state index contributed by atoms with van der Waals surface area (Å²) in [5, 5.41) is 13.3. The number of thiophene rings is 1. The summed E-state index contributed by atoms with van der Waals surface area (Å²) >= 11 is 1.66. The minimum absolute atomic E-state index is 0.0338. The van der Waals surface area contributed by atoms with Crippen LogP contribution in [0.25, 0.3) is 0 Å². The fourth-order valence-corrected chi connectivity index (χ4v) is 3.69. The number of hydrogen-bond donors (Lipinski definition) is 0. The van der Waals surface area contributed by atoms with E-state index in [1.54, 1.807) is 17.4 Å². The molecule has 1 aromatic carbocycles. The summed E-state index contributed by atoms with van der Waals surface area (Å²) in [5.74, 6) is 0.157. The van der Waals surface area contributed by atoms with Crippen LogP contribution >= 0.6 is 11.3 Å². The van der Waals surface area contributed by atoms with Gasteiger partial charge in [-0.3, -0.25) is 14.9 Å². The molecular weight excluding hydrogens is 380 g/mol. The molecule has 0 unspecified atom stereocenters. The number of aromatic nitrogens is 1. The quantitative estimate of drug-likeness (QED) is 0.318. The Morgan fingerprint density at radius 3 is 2.68 bits per heavy atom. The number of benzene rings is 1.